The zero-order valence-electron chi connectivity index (χ0n) is 19.7. The molecule has 35 heavy (non-hydrogen) atoms. The number of fused-ring (bicyclic) bond motifs is 3. The monoisotopic (exact) mass is 539 g/mol. The SMILES string of the molecule is CC(C)=CCO[C@H](C)[C@H](NC(=O)OCC1c2ccccc2-c2ccccc21)C(=O)OCC(Cl)(Cl)Cl. The van der Waals surface area contributed by atoms with E-state index >= 15 is 0 Å². The van der Waals surface area contributed by atoms with Gasteiger partial charge < -0.3 is 19.5 Å². The van der Waals surface area contributed by atoms with Crippen molar-refractivity contribution in [3.8, 4) is 11.1 Å². The van der Waals surface area contributed by atoms with Crippen LogP contribution in [0.1, 0.15) is 37.8 Å². The van der Waals surface area contributed by atoms with E-state index in [1.54, 1.807) is 6.92 Å². The van der Waals surface area contributed by atoms with Crippen LogP contribution in [0.2, 0.25) is 0 Å². The number of benzene rings is 2. The van der Waals surface area contributed by atoms with Crippen molar-refractivity contribution in [1.29, 1.82) is 0 Å². The Morgan fingerprint density at radius 3 is 2.11 bits per heavy atom. The third kappa shape index (κ3) is 7.61. The van der Waals surface area contributed by atoms with Crippen molar-refractivity contribution in [1.82, 2.24) is 5.32 Å². The van der Waals surface area contributed by atoms with Crippen molar-refractivity contribution >= 4 is 46.9 Å². The molecule has 188 valence electrons. The zero-order valence-corrected chi connectivity index (χ0v) is 22.0. The minimum Gasteiger partial charge on any atom is -0.460 e. The van der Waals surface area contributed by atoms with Crippen LogP contribution >= 0.6 is 34.8 Å². The van der Waals surface area contributed by atoms with Gasteiger partial charge in [-0.15, -0.1) is 0 Å². The zero-order chi connectivity index (χ0) is 25.6. The molecule has 0 aliphatic heterocycles. The molecule has 1 N–H and O–H groups in total. The van der Waals surface area contributed by atoms with Gasteiger partial charge in [0.1, 0.15) is 13.2 Å². The van der Waals surface area contributed by atoms with Crippen LogP contribution in [0.25, 0.3) is 11.1 Å². The minimum atomic E-state index is -1.78. The molecule has 0 fully saturated rings. The van der Waals surface area contributed by atoms with Crippen molar-refractivity contribution in [2.24, 2.45) is 0 Å². The third-order valence-corrected chi connectivity index (χ3v) is 5.90. The smallest absolute Gasteiger partial charge is 0.407 e. The topological polar surface area (TPSA) is 73.9 Å². The van der Waals surface area contributed by atoms with Gasteiger partial charge in [-0.25, -0.2) is 9.59 Å². The van der Waals surface area contributed by atoms with Crippen LogP contribution in [0.5, 0.6) is 0 Å². The average Bonchev–Trinajstić information content (AvgIpc) is 3.12. The molecule has 0 radical (unpaired) electrons. The van der Waals surface area contributed by atoms with Crippen LogP contribution in [0.3, 0.4) is 0 Å². The van der Waals surface area contributed by atoms with Gasteiger partial charge >= 0.3 is 12.1 Å². The maximum atomic E-state index is 12.7. The Balaban J connectivity index is 1.68. The van der Waals surface area contributed by atoms with Crippen LogP contribution in [-0.2, 0) is 19.0 Å². The number of ether oxygens (including phenoxy) is 3. The number of nitrogens with one attached hydrogen (secondary N) is 1. The van der Waals surface area contributed by atoms with Gasteiger partial charge in [0.25, 0.3) is 0 Å². The van der Waals surface area contributed by atoms with Gasteiger partial charge in [0.2, 0.25) is 3.79 Å². The third-order valence-electron chi connectivity index (χ3n) is 5.57. The van der Waals surface area contributed by atoms with Gasteiger partial charge in [-0.1, -0.05) is 95.0 Å². The average molecular weight is 541 g/mol. The second-order valence-electron chi connectivity index (χ2n) is 8.49. The minimum absolute atomic E-state index is 0.1000. The van der Waals surface area contributed by atoms with E-state index in [0.29, 0.717) is 0 Å². The number of alkyl halides is 3. The molecule has 0 saturated carbocycles. The number of carbonyl (C=O) groups is 2. The Hall–Kier alpha value is -2.25. The number of rotatable bonds is 9. The van der Waals surface area contributed by atoms with Gasteiger partial charge in [-0.05, 0) is 43.0 Å². The largest absolute Gasteiger partial charge is 0.460 e. The van der Waals surface area contributed by atoms with E-state index in [1.807, 2.05) is 56.3 Å². The molecule has 2 aromatic rings. The molecular weight excluding hydrogens is 513 g/mol. The van der Waals surface area contributed by atoms with Crippen LogP contribution in [0, 0.1) is 0 Å². The number of amides is 1. The fraction of sp³-hybridized carbons (Fsp3) is 0.385. The normalized spacial score (nSPS) is 14.3. The van der Waals surface area contributed by atoms with Crippen molar-refractivity contribution in [2.75, 3.05) is 19.8 Å². The van der Waals surface area contributed by atoms with Gasteiger partial charge in [0, 0.05) is 5.92 Å². The summed E-state index contributed by atoms with van der Waals surface area (Å²) in [6.07, 6.45) is 0.349. The van der Waals surface area contributed by atoms with Gasteiger partial charge in [-0.2, -0.15) is 0 Å². The first-order valence-corrected chi connectivity index (χ1v) is 12.3. The first kappa shape index (κ1) is 27.3. The molecule has 1 aliphatic carbocycles. The molecule has 2 aromatic carbocycles. The molecule has 0 saturated heterocycles. The molecular formula is C26H28Cl3NO5. The van der Waals surface area contributed by atoms with E-state index in [-0.39, 0.29) is 19.1 Å². The van der Waals surface area contributed by atoms with E-state index in [4.69, 9.17) is 49.0 Å². The van der Waals surface area contributed by atoms with Crippen molar-refractivity contribution in [2.45, 2.75) is 42.6 Å². The number of hydrogen-bond donors (Lipinski definition) is 1. The lowest BCUT2D eigenvalue weighted by molar-refractivity contribution is -0.149. The quantitative estimate of drug-likeness (QED) is 0.234. The molecule has 9 heteroatoms. The van der Waals surface area contributed by atoms with E-state index in [1.165, 1.54) is 0 Å². The molecule has 2 atom stereocenters. The number of carbonyl (C=O) groups excluding carboxylic acids is 2. The maximum Gasteiger partial charge on any atom is 0.407 e. The lowest BCUT2D eigenvalue weighted by atomic mass is 9.98. The first-order valence-electron chi connectivity index (χ1n) is 11.2. The summed E-state index contributed by atoms with van der Waals surface area (Å²) in [6, 6.07) is 14.9. The van der Waals surface area contributed by atoms with E-state index in [0.717, 1.165) is 27.8 Å². The molecule has 0 aromatic heterocycles. The summed E-state index contributed by atoms with van der Waals surface area (Å²) in [6.45, 7) is 5.38. The highest BCUT2D eigenvalue weighted by Gasteiger charge is 2.33. The Labute approximate surface area is 220 Å². The van der Waals surface area contributed by atoms with Crippen molar-refractivity contribution in [3.05, 3.63) is 71.3 Å². The number of esters is 1. The lowest BCUT2D eigenvalue weighted by Gasteiger charge is -2.24. The Kier molecular flexibility index (Phi) is 9.47. The summed E-state index contributed by atoms with van der Waals surface area (Å²) in [5.74, 6) is -0.913. The summed E-state index contributed by atoms with van der Waals surface area (Å²) < 4.78 is 14.6. The van der Waals surface area contributed by atoms with E-state index in [9.17, 15) is 9.59 Å². The summed E-state index contributed by atoms with van der Waals surface area (Å²) in [4.78, 5) is 25.4. The van der Waals surface area contributed by atoms with Gasteiger partial charge in [0.05, 0.1) is 12.7 Å². The lowest BCUT2D eigenvalue weighted by Crippen LogP contribution is -2.50. The fourth-order valence-corrected chi connectivity index (χ4v) is 4.00. The van der Waals surface area contributed by atoms with E-state index < -0.39 is 34.6 Å². The second kappa shape index (κ2) is 12.1. The molecule has 6 nitrogen and oxygen atoms in total. The van der Waals surface area contributed by atoms with Crippen LogP contribution < -0.4 is 5.32 Å². The summed E-state index contributed by atoms with van der Waals surface area (Å²) in [7, 11) is 0. The predicted octanol–water partition coefficient (Wildman–Crippen LogP) is 6.18. The molecule has 3 rings (SSSR count). The first-order chi connectivity index (χ1) is 16.6. The Bertz CT molecular complexity index is 1030. The Morgan fingerprint density at radius 1 is 1.00 bits per heavy atom. The number of alkyl carbamates (subject to hydrolysis) is 1. The van der Waals surface area contributed by atoms with Gasteiger partial charge in [0.15, 0.2) is 6.04 Å². The maximum absolute atomic E-state index is 12.7. The summed E-state index contributed by atoms with van der Waals surface area (Å²) >= 11 is 17.1. The van der Waals surface area contributed by atoms with Crippen molar-refractivity contribution in [3.63, 3.8) is 0 Å². The second-order valence-corrected chi connectivity index (χ2v) is 11.0. The number of hydrogen-bond acceptors (Lipinski definition) is 5. The van der Waals surface area contributed by atoms with Crippen LogP contribution in [0.15, 0.2) is 60.2 Å². The van der Waals surface area contributed by atoms with Crippen molar-refractivity contribution < 1.29 is 23.8 Å². The molecule has 0 unspecified atom stereocenters. The highest BCUT2D eigenvalue weighted by atomic mass is 35.6. The molecule has 1 amide bonds. The predicted molar refractivity (Wildman–Crippen MR) is 138 cm³/mol. The summed E-state index contributed by atoms with van der Waals surface area (Å²) in [5.41, 5.74) is 5.45. The van der Waals surface area contributed by atoms with Crippen LogP contribution in [-0.4, -0.2) is 47.8 Å². The van der Waals surface area contributed by atoms with E-state index in [2.05, 4.69) is 17.4 Å². The molecule has 0 bridgehead atoms. The summed E-state index contributed by atoms with van der Waals surface area (Å²) in [5, 5.41) is 2.55. The highest BCUT2D eigenvalue weighted by molar-refractivity contribution is 6.67. The standard InChI is InChI=1S/C26H28Cl3NO5/c1-16(2)12-13-33-17(3)23(24(31)35-15-26(27,28)29)30-25(32)34-14-22-20-10-6-4-8-18(20)19-9-5-7-11-21(19)22/h4-12,17,22-23H,13-15H2,1-3H3,(H,30,32)/t17-,23+/m1/s1. The number of halogens is 3. The number of allylic oxidation sites excluding steroid dienone is 1. The van der Waals surface area contributed by atoms with Crippen LogP contribution in [0.4, 0.5) is 4.79 Å². The Morgan fingerprint density at radius 2 is 1.57 bits per heavy atom. The van der Waals surface area contributed by atoms with Gasteiger partial charge in [-0.3, -0.25) is 0 Å². The molecule has 0 spiro atoms. The molecule has 0 heterocycles. The molecule has 1 aliphatic rings. The highest BCUT2D eigenvalue weighted by Crippen LogP contribution is 2.44. The fourth-order valence-electron chi connectivity index (χ4n) is 3.84.